The molecule has 0 radical (unpaired) electrons. The van der Waals surface area contributed by atoms with Crippen molar-refractivity contribution in [3.8, 4) is 0 Å². The van der Waals surface area contributed by atoms with Crippen molar-refractivity contribution in [2.75, 3.05) is 12.3 Å². The fourth-order valence-corrected chi connectivity index (χ4v) is 4.53. The highest BCUT2D eigenvalue weighted by Gasteiger charge is 2.35. The molecule has 112 valence electrons. The van der Waals surface area contributed by atoms with E-state index in [-0.39, 0.29) is 5.91 Å². The Labute approximate surface area is 137 Å². The van der Waals surface area contributed by atoms with E-state index in [2.05, 4.69) is 28.2 Å². The number of halogens is 1. The van der Waals surface area contributed by atoms with Crippen molar-refractivity contribution in [1.29, 1.82) is 0 Å². The predicted octanol–water partition coefficient (Wildman–Crippen LogP) is 4.56. The Hall–Kier alpha value is -1.07. The van der Waals surface area contributed by atoms with Crippen LogP contribution in [0.2, 0.25) is 0 Å². The molecule has 1 amide bonds. The number of thiophene rings is 1. The first-order chi connectivity index (χ1) is 10.0. The molecule has 0 unspecified atom stereocenters. The van der Waals surface area contributed by atoms with Gasteiger partial charge in [-0.15, -0.1) is 11.3 Å². The first-order valence-corrected chi connectivity index (χ1v) is 8.91. The summed E-state index contributed by atoms with van der Waals surface area (Å²) in [6.45, 7) is 2.97. The van der Waals surface area contributed by atoms with E-state index in [1.165, 1.54) is 30.6 Å². The van der Waals surface area contributed by atoms with Crippen molar-refractivity contribution in [2.24, 2.45) is 5.41 Å². The number of amides is 1. The smallest absolute Gasteiger partial charge is 0.263 e. The molecule has 3 N–H and O–H groups in total. The number of nitrogen functional groups attached to an aromatic ring is 1. The van der Waals surface area contributed by atoms with Crippen LogP contribution in [0.1, 0.15) is 42.3 Å². The summed E-state index contributed by atoms with van der Waals surface area (Å²) < 4.78 is 2.04. The van der Waals surface area contributed by atoms with Gasteiger partial charge in [-0.25, -0.2) is 0 Å². The zero-order chi connectivity index (χ0) is 15.0. The van der Waals surface area contributed by atoms with Crippen molar-refractivity contribution >= 4 is 48.9 Å². The highest BCUT2D eigenvalue weighted by Crippen LogP contribution is 2.43. The Balaban J connectivity index is 1.80. The quantitative estimate of drug-likeness (QED) is 0.833. The Morgan fingerprint density at radius 2 is 2.24 bits per heavy atom. The summed E-state index contributed by atoms with van der Waals surface area (Å²) in [5.41, 5.74) is 7.06. The first-order valence-electron chi connectivity index (χ1n) is 7.30. The van der Waals surface area contributed by atoms with E-state index < -0.39 is 0 Å². The van der Waals surface area contributed by atoms with Gasteiger partial charge in [0.1, 0.15) is 4.88 Å². The topological polar surface area (TPSA) is 55.1 Å². The molecule has 3 rings (SSSR count). The van der Waals surface area contributed by atoms with Gasteiger partial charge in [-0.05, 0) is 36.8 Å². The number of rotatable bonds is 4. The van der Waals surface area contributed by atoms with Crippen LogP contribution in [0.3, 0.4) is 0 Å². The number of anilines is 1. The highest BCUT2D eigenvalue weighted by atomic mass is 79.9. The molecule has 2 aromatic rings. The van der Waals surface area contributed by atoms with Gasteiger partial charge >= 0.3 is 0 Å². The van der Waals surface area contributed by atoms with Gasteiger partial charge in [-0.3, -0.25) is 4.79 Å². The SMILES string of the molecule is CCC1(CNC(=O)c2sc3cc(Br)ccc3c2N)CCC1. The first kappa shape index (κ1) is 14.9. The van der Waals surface area contributed by atoms with Crippen LogP contribution in [0, 0.1) is 5.41 Å². The maximum atomic E-state index is 12.4. The van der Waals surface area contributed by atoms with E-state index in [0.717, 1.165) is 27.5 Å². The summed E-state index contributed by atoms with van der Waals surface area (Å²) in [6.07, 6.45) is 4.85. The normalized spacial score (nSPS) is 16.7. The van der Waals surface area contributed by atoms with Gasteiger partial charge < -0.3 is 11.1 Å². The van der Waals surface area contributed by atoms with Gasteiger partial charge in [0.2, 0.25) is 0 Å². The van der Waals surface area contributed by atoms with E-state index in [1.807, 2.05) is 18.2 Å². The van der Waals surface area contributed by atoms with E-state index in [1.54, 1.807) is 0 Å². The van der Waals surface area contributed by atoms with Gasteiger partial charge in [0.05, 0.1) is 5.69 Å². The molecule has 1 aromatic heterocycles. The monoisotopic (exact) mass is 366 g/mol. The molecule has 0 bridgehead atoms. The van der Waals surface area contributed by atoms with Gasteiger partial charge in [0.15, 0.2) is 0 Å². The fourth-order valence-electron chi connectivity index (χ4n) is 2.94. The third kappa shape index (κ3) is 2.69. The number of nitrogens with one attached hydrogen (secondary N) is 1. The van der Waals surface area contributed by atoms with Crippen molar-refractivity contribution < 1.29 is 4.79 Å². The average molecular weight is 367 g/mol. The highest BCUT2D eigenvalue weighted by molar-refractivity contribution is 9.10. The third-order valence-corrected chi connectivity index (χ3v) is 6.35. The van der Waals surface area contributed by atoms with Crippen molar-refractivity contribution in [3.63, 3.8) is 0 Å². The summed E-state index contributed by atoms with van der Waals surface area (Å²) in [6, 6.07) is 5.92. The zero-order valence-corrected chi connectivity index (χ0v) is 14.4. The second-order valence-corrected chi connectivity index (χ2v) is 7.84. The summed E-state index contributed by atoms with van der Waals surface area (Å²) in [4.78, 5) is 13.1. The molecule has 0 spiro atoms. The third-order valence-electron chi connectivity index (χ3n) is 4.68. The van der Waals surface area contributed by atoms with Gasteiger partial charge in [-0.2, -0.15) is 0 Å². The second kappa shape index (κ2) is 5.61. The maximum Gasteiger partial charge on any atom is 0.263 e. The van der Waals surface area contributed by atoms with Crippen molar-refractivity contribution in [2.45, 2.75) is 32.6 Å². The molecule has 0 atom stereocenters. The molecule has 21 heavy (non-hydrogen) atoms. The predicted molar refractivity (Wildman–Crippen MR) is 92.8 cm³/mol. The molecule has 5 heteroatoms. The zero-order valence-electron chi connectivity index (χ0n) is 12.0. The lowest BCUT2D eigenvalue weighted by atomic mass is 9.67. The lowest BCUT2D eigenvalue weighted by molar-refractivity contribution is 0.0854. The number of hydrogen-bond donors (Lipinski definition) is 2. The van der Waals surface area contributed by atoms with Crippen LogP contribution in [0.15, 0.2) is 22.7 Å². The summed E-state index contributed by atoms with van der Waals surface area (Å²) in [5, 5.41) is 4.05. The van der Waals surface area contributed by atoms with Crippen LogP contribution >= 0.6 is 27.3 Å². The van der Waals surface area contributed by atoms with E-state index in [4.69, 9.17) is 5.73 Å². The maximum absolute atomic E-state index is 12.4. The van der Waals surface area contributed by atoms with Gasteiger partial charge in [0, 0.05) is 21.1 Å². The Bertz CT molecular complexity index is 685. The standard InChI is InChI=1S/C16H19BrN2OS/c1-2-16(6-3-7-16)9-19-15(20)14-13(18)11-5-4-10(17)8-12(11)21-14/h4-5,8H,2-3,6-7,9,18H2,1H3,(H,19,20). The minimum absolute atomic E-state index is 0.0375. The molecule has 1 aliphatic carbocycles. The van der Waals surface area contributed by atoms with Crippen LogP contribution < -0.4 is 11.1 Å². The molecule has 1 aliphatic rings. The van der Waals surface area contributed by atoms with E-state index in [9.17, 15) is 4.79 Å². The van der Waals surface area contributed by atoms with Crippen LogP contribution in [0.4, 0.5) is 5.69 Å². The molecule has 1 fully saturated rings. The lowest BCUT2D eigenvalue weighted by Crippen LogP contribution is -2.41. The van der Waals surface area contributed by atoms with E-state index >= 15 is 0 Å². The number of carbonyl (C=O) groups excluding carboxylic acids is 1. The van der Waals surface area contributed by atoms with Crippen molar-refractivity contribution in [3.05, 3.63) is 27.5 Å². The molecule has 3 nitrogen and oxygen atoms in total. The van der Waals surface area contributed by atoms with Crippen LogP contribution in [0.5, 0.6) is 0 Å². The Kier molecular flexibility index (Phi) is 3.97. The lowest BCUT2D eigenvalue weighted by Gasteiger charge is -2.41. The van der Waals surface area contributed by atoms with Gasteiger partial charge in [0.25, 0.3) is 5.91 Å². The van der Waals surface area contributed by atoms with Gasteiger partial charge in [-0.1, -0.05) is 35.3 Å². The molecular formula is C16H19BrN2OS. The number of carbonyl (C=O) groups is 1. The number of nitrogens with two attached hydrogens (primary N) is 1. The largest absolute Gasteiger partial charge is 0.397 e. The van der Waals surface area contributed by atoms with E-state index in [0.29, 0.717) is 16.0 Å². The Morgan fingerprint density at radius 1 is 1.48 bits per heavy atom. The van der Waals surface area contributed by atoms with Crippen LogP contribution in [-0.2, 0) is 0 Å². The minimum atomic E-state index is -0.0375. The fraction of sp³-hybridized carbons (Fsp3) is 0.438. The van der Waals surface area contributed by atoms with Crippen molar-refractivity contribution in [1.82, 2.24) is 5.32 Å². The number of fused-ring (bicyclic) bond motifs is 1. The minimum Gasteiger partial charge on any atom is -0.397 e. The average Bonchev–Trinajstić information content (AvgIpc) is 2.74. The summed E-state index contributed by atoms with van der Waals surface area (Å²) in [5.74, 6) is -0.0375. The molecular weight excluding hydrogens is 348 g/mol. The molecule has 1 saturated carbocycles. The van der Waals surface area contributed by atoms with Crippen LogP contribution in [0.25, 0.3) is 10.1 Å². The molecule has 1 aromatic carbocycles. The molecule has 0 saturated heterocycles. The van der Waals surface area contributed by atoms with Crippen LogP contribution in [-0.4, -0.2) is 12.5 Å². The summed E-state index contributed by atoms with van der Waals surface area (Å²) >= 11 is 4.91. The number of benzene rings is 1. The molecule has 1 heterocycles. The Morgan fingerprint density at radius 3 is 2.86 bits per heavy atom. The second-order valence-electron chi connectivity index (χ2n) is 5.88. The number of hydrogen-bond acceptors (Lipinski definition) is 3. The molecule has 0 aliphatic heterocycles. The summed E-state index contributed by atoms with van der Waals surface area (Å²) in [7, 11) is 0.